The molecule has 160 valence electrons. The molecular weight excluding hydrogens is 399 g/mol. The standard InChI is InChI=1S/C21H22F3N3O3/c1-2-3-12-30-18-10-6-16(7-11-18)20(29)25-14-19(28)27-26-13-15-4-8-17(9-5-15)21(22,23)24/h4-11,13H,2-3,12,14H2,1H3,(H,25,29)(H,27,28)/b26-13+. The van der Waals surface area contributed by atoms with Crippen molar-refractivity contribution < 1.29 is 27.5 Å². The smallest absolute Gasteiger partial charge is 0.416 e. The summed E-state index contributed by atoms with van der Waals surface area (Å²) in [6.07, 6.45) is -1.24. The van der Waals surface area contributed by atoms with Gasteiger partial charge in [0.1, 0.15) is 5.75 Å². The lowest BCUT2D eigenvalue weighted by Gasteiger charge is -2.07. The highest BCUT2D eigenvalue weighted by Gasteiger charge is 2.29. The molecule has 0 atom stereocenters. The summed E-state index contributed by atoms with van der Waals surface area (Å²) >= 11 is 0. The predicted octanol–water partition coefficient (Wildman–Crippen LogP) is 3.76. The van der Waals surface area contributed by atoms with Gasteiger partial charge in [0, 0.05) is 5.56 Å². The van der Waals surface area contributed by atoms with E-state index in [1.165, 1.54) is 18.3 Å². The van der Waals surface area contributed by atoms with Crippen molar-refractivity contribution in [1.82, 2.24) is 10.7 Å². The molecule has 2 N–H and O–H groups in total. The van der Waals surface area contributed by atoms with E-state index in [4.69, 9.17) is 4.74 Å². The first kappa shape index (κ1) is 22.9. The third-order valence-corrected chi connectivity index (χ3v) is 3.93. The first-order chi connectivity index (χ1) is 14.3. The minimum Gasteiger partial charge on any atom is -0.494 e. The normalized spacial score (nSPS) is 11.3. The van der Waals surface area contributed by atoms with E-state index in [9.17, 15) is 22.8 Å². The molecular formula is C21H22F3N3O3. The maximum Gasteiger partial charge on any atom is 0.416 e. The Morgan fingerprint density at radius 1 is 1.07 bits per heavy atom. The number of hydrogen-bond donors (Lipinski definition) is 2. The molecule has 0 fully saturated rings. The fourth-order valence-corrected chi connectivity index (χ4v) is 2.28. The number of carbonyl (C=O) groups excluding carboxylic acids is 2. The summed E-state index contributed by atoms with van der Waals surface area (Å²) in [6.45, 7) is 2.36. The van der Waals surface area contributed by atoms with Gasteiger partial charge in [0.25, 0.3) is 11.8 Å². The molecule has 2 aromatic rings. The molecule has 0 saturated heterocycles. The SMILES string of the molecule is CCCCOc1ccc(C(=O)NCC(=O)N/N=C/c2ccc(C(F)(F)F)cc2)cc1. The molecule has 0 bridgehead atoms. The Kier molecular flexibility index (Phi) is 8.40. The summed E-state index contributed by atoms with van der Waals surface area (Å²) in [7, 11) is 0. The van der Waals surface area contributed by atoms with Crippen LogP contribution in [0.1, 0.15) is 41.3 Å². The quantitative estimate of drug-likeness (QED) is 0.368. The molecule has 6 nitrogen and oxygen atoms in total. The lowest BCUT2D eigenvalue weighted by atomic mass is 10.1. The van der Waals surface area contributed by atoms with Gasteiger partial charge in [-0.2, -0.15) is 18.3 Å². The zero-order valence-electron chi connectivity index (χ0n) is 16.3. The predicted molar refractivity (Wildman–Crippen MR) is 106 cm³/mol. The number of alkyl halides is 3. The van der Waals surface area contributed by atoms with E-state index < -0.39 is 23.6 Å². The zero-order chi connectivity index (χ0) is 22.0. The van der Waals surface area contributed by atoms with Crippen LogP contribution in [0.2, 0.25) is 0 Å². The van der Waals surface area contributed by atoms with Crippen molar-refractivity contribution in [3.8, 4) is 5.75 Å². The Hall–Kier alpha value is -3.36. The van der Waals surface area contributed by atoms with Crippen molar-refractivity contribution in [2.75, 3.05) is 13.2 Å². The van der Waals surface area contributed by atoms with Crippen molar-refractivity contribution in [2.45, 2.75) is 25.9 Å². The third kappa shape index (κ3) is 7.57. The minimum absolute atomic E-state index is 0.308. The molecule has 0 unspecified atom stereocenters. The summed E-state index contributed by atoms with van der Waals surface area (Å²) in [6, 6.07) is 10.9. The molecule has 9 heteroatoms. The highest BCUT2D eigenvalue weighted by molar-refractivity contribution is 5.96. The Bertz CT molecular complexity index is 864. The summed E-state index contributed by atoms with van der Waals surface area (Å²) in [4.78, 5) is 23.8. The highest BCUT2D eigenvalue weighted by atomic mass is 19.4. The number of hydrazone groups is 1. The van der Waals surface area contributed by atoms with Gasteiger partial charge in [-0.25, -0.2) is 5.43 Å². The van der Waals surface area contributed by atoms with Crippen molar-refractivity contribution in [3.05, 3.63) is 65.2 Å². The van der Waals surface area contributed by atoms with E-state index in [0.29, 0.717) is 23.5 Å². The molecule has 0 aliphatic carbocycles. The number of rotatable bonds is 9. The van der Waals surface area contributed by atoms with E-state index in [-0.39, 0.29) is 6.54 Å². The molecule has 0 radical (unpaired) electrons. The number of carbonyl (C=O) groups is 2. The third-order valence-electron chi connectivity index (χ3n) is 3.93. The van der Waals surface area contributed by atoms with Crippen LogP contribution in [0.3, 0.4) is 0 Å². The average molecular weight is 421 g/mol. The fourth-order valence-electron chi connectivity index (χ4n) is 2.28. The minimum atomic E-state index is -4.41. The van der Waals surface area contributed by atoms with Gasteiger partial charge in [0.05, 0.1) is 24.9 Å². The van der Waals surface area contributed by atoms with Crippen LogP contribution in [-0.2, 0) is 11.0 Å². The lowest BCUT2D eigenvalue weighted by molar-refractivity contribution is -0.137. The molecule has 0 aromatic heterocycles. The largest absolute Gasteiger partial charge is 0.494 e. The molecule has 30 heavy (non-hydrogen) atoms. The van der Waals surface area contributed by atoms with E-state index in [2.05, 4.69) is 22.8 Å². The number of ether oxygens (including phenoxy) is 1. The maximum atomic E-state index is 12.5. The molecule has 0 heterocycles. The summed E-state index contributed by atoms with van der Waals surface area (Å²) in [5, 5.41) is 6.11. The number of hydrogen-bond acceptors (Lipinski definition) is 4. The lowest BCUT2D eigenvalue weighted by Crippen LogP contribution is -2.34. The number of nitrogens with zero attached hydrogens (tertiary/aromatic N) is 1. The van der Waals surface area contributed by atoms with Crippen LogP contribution >= 0.6 is 0 Å². The zero-order valence-corrected chi connectivity index (χ0v) is 16.3. The molecule has 2 aromatic carbocycles. The van der Waals surface area contributed by atoms with Gasteiger partial charge in [0.2, 0.25) is 0 Å². The summed E-state index contributed by atoms with van der Waals surface area (Å²) < 4.78 is 43.0. The second kappa shape index (κ2) is 11.0. The highest BCUT2D eigenvalue weighted by Crippen LogP contribution is 2.28. The van der Waals surface area contributed by atoms with Crippen LogP contribution in [0.5, 0.6) is 5.75 Å². The topological polar surface area (TPSA) is 79.8 Å². The van der Waals surface area contributed by atoms with Gasteiger partial charge >= 0.3 is 6.18 Å². The Labute approximate surface area is 172 Å². The van der Waals surface area contributed by atoms with Gasteiger partial charge in [-0.05, 0) is 48.4 Å². The Morgan fingerprint density at radius 2 is 1.73 bits per heavy atom. The van der Waals surface area contributed by atoms with Gasteiger partial charge in [-0.3, -0.25) is 9.59 Å². The van der Waals surface area contributed by atoms with Crippen molar-refractivity contribution in [2.24, 2.45) is 5.10 Å². The van der Waals surface area contributed by atoms with Crippen LogP contribution in [0.4, 0.5) is 13.2 Å². The van der Waals surface area contributed by atoms with E-state index >= 15 is 0 Å². The monoisotopic (exact) mass is 421 g/mol. The average Bonchev–Trinajstić information content (AvgIpc) is 2.72. The van der Waals surface area contributed by atoms with Crippen molar-refractivity contribution in [1.29, 1.82) is 0 Å². The fraction of sp³-hybridized carbons (Fsp3) is 0.286. The second-order valence-electron chi connectivity index (χ2n) is 6.32. The summed E-state index contributed by atoms with van der Waals surface area (Å²) in [5.74, 6) is -0.349. The van der Waals surface area contributed by atoms with Crippen LogP contribution in [0.15, 0.2) is 53.6 Å². The molecule has 0 spiro atoms. The number of unbranched alkanes of at least 4 members (excludes halogenated alkanes) is 1. The summed E-state index contributed by atoms with van der Waals surface area (Å²) in [5.41, 5.74) is 2.18. The van der Waals surface area contributed by atoms with Crippen LogP contribution in [0, 0.1) is 0 Å². The molecule has 2 rings (SSSR count). The van der Waals surface area contributed by atoms with E-state index in [1.54, 1.807) is 24.3 Å². The number of halogens is 3. The molecule has 2 amide bonds. The molecule has 0 saturated carbocycles. The van der Waals surface area contributed by atoms with Gasteiger partial charge in [0.15, 0.2) is 0 Å². The number of benzene rings is 2. The Morgan fingerprint density at radius 3 is 2.33 bits per heavy atom. The van der Waals surface area contributed by atoms with E-state index in [0.717, 1.165) is 25.0 Å². The second-order valence-corrected chi connectivity index (χ2v) is 6.32. The molecule has 0 aliphatic rings. The number of nitrogens with one attached hydrogen (secondary N) is 2. The van der Waals surface area contributed by atoms with Gasteiger partial charge in [-0.15, -0.1) is 0 Å². The molecule has 0 aliphatic heterocycles. The first-order valence-corrected chi connectivity index (χ1v) is 9.30. The number of amides is 2. The van der Waals surface area contributed by atoms with E-state index in [1.807, 2.05) is 0 Å². The maximum absolute atomic E-state index is 12.5. The van der Waals surface area contributed by atoms with Crippen molar-refractivity contribution in [3.63, 3.8) is 0 Å². The van der Waals surface area contributed by atoms with Gasteiger partial charge < -0.3 is 10.1 Å². The van der Waals surface area contributed by atoms with Gasteiger partial charge in [-0.1, -0.05) is 25.5 Å². The first-order valence-electron chi connectivity index (χ1n) is 9.30. The van der Waals surface area contributed by atoms with Crippen molar-refractivity contribution >= 4 is 18.0 Å². The van der Waals surface area contributed by atoms with Crippen LogP contribution in [0.25, 0.3) is 0 Å². The van der Waals surface area contributed by atoms with Crippen LogP contribution in [-0.4, -0.2) is 31.2 Å². The Balaban J connectivity index is 1.76. The van der Waals surface area contributed by atoms with Crippen LogP contribution < -0.4 is 15.5 Å².